The highest BCUT2D eigenvalue weighted by Crippen LogP contribution is 2.46. The van der Waals surface area contributed by atoms with Crippen molar-refractivity contribution in [2.24, 2.45) is 0 Å². The Morgan fingerprint density at radius 1 is 0.762 bits per heavy atom. The molecule has 5 heterocycles. The summed E-state index contributed by atoms with van der Waals surface area (Å²) in [6, 6.07) is 8.11. The van der Waals surface area contributed by atoms with Gasteiger partial charge in [0.05, 0.1) is 4.90 Å². The van der Waals surface area contributed by atoms with Crippen LogP contribution in [0.2, 0.25) is 0 Å². The van der Waals surface area contributed by atoms with Gasteiger partial charge >= 0.3 is 0 Å². The predicted octanol–water partition coefficient (Wildman–Crippen LogP) is -0.229. The fourth-order valence-electron chi connectivity index (χ4n) is 2.95. The first-order valence-corrected chi connectivity index (χ1v) is 7.94. The second-order valence-electron chi connectivity index (χ2n) is 5.08. The average Bonchev–Trinajstić information content (AvgIpc) is 2.98. The van der Waals surface area contributed by atoms with Gasteiger partial charge in [0.15, 0.2) is 12.5 Å². The molecule has 1 aromatic rings. The topological polar surface area (TPSA) is 83.5 Å². The van der Waals surface area contributed by atoms with Gasteiger partial charge in [0.2, 0.25) is 35.2 Å². The summed E-state index contributed by atoms with van der Waals surface area (Å²) in [6.07, 6.45) is -4.88. The van der Waals surface area contributed by atoms with Crippen molar-refractivity contribution in [2.45, 2.75) is 42.5 Å². The van der Waals surface area contributed by atoms with E-state index in [1.807, 2.05) is 0 Å². The van der Waals surface area contributed by atoms with Crippen molar-refractivity contribution in [3.8, 4) is 0 Å². The molecule has 5 aliphatic rings. The van der Waals surface area contributed by atoms with Gasteiger partial charge in [-0.25, -0.2) is 8.42 Å². The molecule has 0 amide bonds. The Balaban J connectivity index is 1.63. The molecule has 0 aromatic heterocycles. The van der Waals surface area contributed by atoms with Gasteiger partial charge in [-0.05, 0) is 12.1 Å². The molecule has 0 saturated carbocycles. The number of nitrogens with zero attached hydrogens (tertiary/aromatic N) is 1. The number of morpholine rings is 1. The van der Waals surface area contributed by atoms with Crippen LogP contribution in [-0.4, -0.2) is 50.3 Å². The standard InChI is InChI=1S/C12H11NO7S/c14-21(15,6-4-2-1-3-5-6)13-7-9-18-10-8(13)17-12(20-10)11(16-7)19-9/h1-5,7-12H. The third-order valence-corrected chi connectivity index (χ3v) is 5.70. The molecule has 0 radical (unpaired) electrons. The molecule has 0 aliphatic carbocycles. The Morgan fingerprint density at radius 2 is 1.29 bits per heavy atom. The number of hydrogen-bond donors (Lipinski definition) is 0. The van der Waals surface area contributed by atoms with Gasteiger partial charge in [-0.3, -0.25) is 0 Å². The molecule has 8 nitrogen and oxygen atoms in total. The van der Waals surface area contributed by atoms with Crippen LogP contribution in [0.15, 0.2) is 35.2 Å². The number of sulfonamides is 1. The molecule has 6 bridgehead atoms. The van der Waals surface area contributed by atoms with E-state index in [9.17, 15) is 8.42 Å². The van der Waals surface area contributed by atoms with Crippen molar-refractivity contribution in [2.75, 3.05) is 0 Å². The van der Waals surface area contributed by atoms with Gasteiger partial charge < -0.3 is 23.7 Å². The van der Waals surface area contributed by atoms with Crippen LogP contribution < -0.4 is 0 Å². The van der Waals surface area contributed by atoms with Crippen molar-refractivity contribution in [3.63, 3.8) is 0 Å². The molecule has 5 aliphatic heterocycles. The van der Waals surface area contributed by atoms with E-state index in [0.29, 0.717) is 0 Å². The van der Waals surface area contributed by atoms with E-state index < -0.39 is 47.6 Å². The zero-order chi connectivity index (χ0) is 14.2. The summed E-state index contributed by atoms with van der Waals surface area (Å²) in [5, 5.41) is 0. The van der Waals surface area contributed by atoms with Crippen molar-refractivity contribution in [1.29, 1.82) is 0 Å². The van der Waals surface area contributed by atoms with Crippen molar-refractivity contribution >= 4 is 10.0 Å². The summed E-state index contributed by atoms with van der Waals surface area (Å²) in [7, 11) is -3.81. The number of benzene rings is 1. The van der Waals surface area contributed by atoms with E-state index in [2.05, 4.69) is 0 Å². The first-order valence-electron chi connectivity index (χ1n) is 6.50. The summed E-state index contributed by atoms with van der Waals surface area (Å²) in [5.41, 5.74) is 0. The van der Waals surface area contributed by atoms with E-state index in [-0.39, 0.29) is 4.90 Å². The summed E-state index contributed by atoms with van der Waals surface area (Å²) >= 11 is 0. The zero-order valence-corrected chi connectivity index (χ0v) is 11.4. The lowest BCUT2D eigenvalue weighted by molar-refractivity contribution is -0.277. The third-order valence-electron chi connectivity index (χ3n) is 3.86. The molecule has 0 spiro atoms. The van der Waals surface area contributed by atoms with Crippen molar-refractivity contribution in [3.05, 3.63) is 30.3 Å². The highest BCUT2D eigenvalue weighted by molar-refractivity contribution is 7.89. The quantitative estimate of drug-likeness (QED) is 0.746. The molecular weight excluding hydrogens is 302 g/mol. The van der Waals surface area contributed by atoms with Crippen LogP contribution in [0.5, 0.6) is 0 Å². The number of hydrogen-bond acceptors (Lipinski definition) is 7. The molecule has 6 rings (SSSR count). The van der Waals surface area contributed by atoms with Crippen molar-refractivity contribution in [1.82, 2.24) is 4.31 Å². The van der Waals surface area contributed by atoms with Gasteiger partial charge in [0, 0.05) is 0 Å². The first-order chi connectivity index (χ1) is 10.1. The van der Waals surface area contributed by atoms with Gasteiger partial charge in [0.25, 0.3) is 0 Å². The third kappa shape index (κ3) is 1.56. The van der Waals surface area contributed by atoms with E-state index in [4.69, 9.17) is 23.7 Å². The van der Waals surface area contributed by atoms with E-state index in [0.717, 1.165) is 4.31 Å². The molecule has 6 unspecified atom stereocenters. The van der Waals surface area contributed by atoms with Gasteiger partial charge in [-0.2, -0.15) is 0 Å². The van der Waals surface area contributed by atoms with Crippen LogP contribution in [-0.2, 0) is 33.7 Å². The van der Waals surface area contributed by atoms with E-state index >= 15 is 0 Å². The van der Waals surface area contributed by atoms with Crippen LogP contribution in [0.1, 0.15) is 0 Å². The monoisotopic (exact) mass is 313 g/mol. The molecular formula is C12H11NO7S. The maximum atomic E-state index is 12.9. The van der Waals surface area contributed by atoms with Crippen molar-refractivity contribution < 1.29 is 32.1 Å². The Kier molecular flexibility index (Phi) is 2.38. The van der Waals surface area contributed by atoms with Crippen LogP contribution >= 0.6 is 0 Å². The van der Waals surface area contributed by atoms with Gasteiger partial charge in [0.1, 0.15) is 0 Å². The number of rotatable bonds is 2. The van der Waals surface area contributed by atoms with E-state index in [1.54, 1.807) is 18.2 Å². The molecule has 0 N–H and O–H groups in total. The molecule has 6 atom stereocenters. The van der Waals surface area contributed by atoms with Crippen LogP contribution in [0.3, 0.4) is 0 Å². The Labute approximate surface area is 120 Å². The minimum Gasteiger partial charge on any atom is -0.322 e. The lowest BCUT2D eigenvalue weighted by Gasteiger charge is -2.39. The fourth-order valence-corrected chi connectivity index (χ4v) is 4.54. The maximum absolute atomic E-state index is 12.9. The summed E-state index contributed by atoms with van der Waals surface area (Å²) in [5.74, 6) is 0. The maximum Gasteiger partial charge on any atom is 0.247 e. The van der Waals surface area contributed by atoms with Crippen LogP contribution in [0, 0.1) is 0 Å². The molecule has 1 aromatic carbocycles. The van der Waals surface area contributed by atoms with Crippen LogP contribution in [0.4, 0.5) is 0 Å². The molecule has 9 heteroatoms. The lowest BCUT2D eigenvalue weighted by atomic mass is 10.4. The first kappa shape index (κ1) is 12.5. The van der Waals surface area contributed by atoms with E-state index in [1.165, 1.54) is 12.1 Å². The SMILES string of the molecule is O=S(=O)(c1ccccc1)N1C2OC3OC2OC2OC3OC21. The average molecular weight is 313 g/mol. The highest BCUT2D eigenvalue weighted by Gasteiger charge is 2.66. The minimum absolute atomic E-state index is 0.158. The molecule has 112 valence electrons. The summed E-state index contributed by atoms with van der Waals surface area (Å²) in [6.45, 7) is 0. The predicted molar refractivity (Wildman–Crippen MR) is 63.6 cm³/mol. The zero-order valence-electron chi connectivity index (χ0n) is 10.6. The minimum atomic E-state index is -3.81. The Morgan fingerprint density at radius 3 is 1.86 bits per heavy atom. The Hall–Kier alpha value is -1.07. The molecule has 5 saturated heterocycles. The second-order valence-corrected chi connectivity index (χ2v) is 6.93. The second kappa shape index (κ2) is 4.02. The molecule has 5 fully saturated rings. The van der Waals surface area contributed by atoms with Gasteiger partial charge in [-0.1, -0.05) is 18.2 Å². The normalized spacial score (nSPS) is 44.4. The lowest BCUT2D eigenvalue weighted by Crippen LogP contribution is -2.60. The largest absolute Gasteiger partial charge is 0.322 e. The fraction of sp³-hybridized carbons (Fsp3) is 0.500. The molecule has 21 heavy (non-hydrogen) atoms. The smallest absolute Gasteiger partial charge is 0.247 e. The summed E-state index contributed by atoms with van der Waals surface area (Å²) in [4.78, 5) is 0.158. The van der Waals surface area contributed by atoms with Gasteiger partial charge in [-0.15, -0.1) is 4.31 Å². The highest BCUT2D eigenvalue weighted by atomic mass is 32.2. The number of ether oxygens (including phenoxy) is 5. The Bertz CT molecular complexity index is 656. The summed E-state index contributed by atoms with van der Waals surface area (Å²) < 4.78 is 54.5. The van der Waals surface area contributed by atoms with Crippen LogP contribution in [0.25, 0.3) is 0 Å².